The van der Waals surface area contributed by atoms with Crippen LogP contribution in [0.4, 0.5) is 5.69 Å². The van der Waals surface area contributed by atoms with Gasteiger partial charge in [-0.1, -0.05) is 154 Å². The number of nitrogens with zero attached hydrogens (tertiary/aromatic N) is 1. The number of aromatic nitrogens is 1. The Labute approximate surface area is 274 Å². The summed E-state index contributed by atoms with van der Waals surface area (Å²) in [5, 5.41) is 3.15. The molecule has 0 bridgehead atoms. The average molecular weight is 609 g/mol. The fourth-order valence-corrected chi connectivity index (χ4v) is 6.01. The Morgan fingerprint density at radius 3 is 1.27 bits per heavy atom. The van der Waals surface area contributed by atoms with Crippen LogP contribution >= 0.6 is 0 Å². The van der Waals surface area contributed by atoms with Crippen LogP contribution in [0.25, 0.3) is 0 Å². The molecule has 0 radical (unpaired) electrons. The molecule has 0 saturated carbocycles. The molecule has 1 heterocycles. The van der Waals surface area contributed by atoms with Crippen LogP contribution in [0.3, 0.4) is 0 Å². The van der Waals surface area contributed by atoms with E-state index in [9.17, 15) is 4.79 Å². The Morgan fingerprint density at radius 1 is 0.545 bits per heavy atom. The summed E-state index contributed by atoms with van der Waals surface area (Å²) < 4.78 is 0. The minimum absolute atomic E-state index is 0.122. The van der Waals surface area contributed by atoms with E-state index in [2.05, 4.69) is 48.5 Å². The molecule has 0 spiro atoms. The van der Waals surface area contributed by atoms with Gasteiger partial charge in [0.15, 0.2) is 0 Å². The Bertz CT molecular complexity index is 787. The highest BCUT2D eigenvalue weighted by atomic mass is 16.1. The first kappa shape index (κ1) is 40.1. The van der Waals surface area contributed by atoms with Gasteiger partial charge in [0.05, 0.1) is 0 Å². The van der Waals surface area contributed by atoms with Gasteiger partial charge < -0.3 is 5.32 Å². The van der Waals surface area contributed by atoms with E-state index in [0.29, 0.717) is 0 Å². The molecular weight excluding hydrogens is 536 g/mol. The Balaban J connectivity index is 2.15. The summed E-state index contributed by atoms with van der Waals surface area (Å²) in [5.74, 6) is 0.318. The van der Waals surface area contributed by atoms with Crippen LogP contribution in [0.2, 0.25) is 0 Å². The van der Waals surface area contributed by atoms with Gasteiger partial charge in [-0.3, -0.25) is 9.78 Å². The summed E-state index contributed by atoms with van der Waals surface area (Å²) >= 11 is 0. The number of pyridine rings is 1. The maximum atomic E-state index is 13.1. The fraction of sp³-hybridized carbons (Fsp3) is 0.756. The molecule has 1 amide bonds. The topological polar surface area (TPSA) is 42.0 Å². The molecule has 252 valence electrons. The van der Waals surface area contributed by atoms with Crippen molar-refractivity contribution in [1.82, 2.24) is 4.98 Å². The van der Waals surface area contributed by atoms with E-state index in [4.69, 9.17) is 0 Å². The number of amides is 1. The molecule has 0 saturated heterocycles. The normalized spacial score (nSPS) is 12.4. The SMILES string of the molecule is CCCCCCCC/C=C\CCCCCCCCC(CCCCCC/C=C\CCCCCCCC)C(=O)Nc1ccncc1. The van der Waals surface area contributed by atoms with Crippen LogP contribution < -0.4 is 5.32 Å². The molecule has 1 aromatic rings. The highest BCUT2D eigenvalue weighted by molar-refractivity contribution is 5.92. The standard InChI is InChI=1S/C41H72N2O/c1-3-5-7-9-11-13-15-17-19-20-22-24-26-28-30-32-34-39(41(44)43-40-35-37-42-38-36-40)33-31-29-27-25-23-21-18-16-14-12-10-8-6-4-2/h17-19,21,35-39H,3-16,20,22-34H2,1-2H3,(H,42,43,44)/b19-17-,21-18-. The number of carbonyl (C=O) groups is 1. The third-order valence-electron chi connectivity index (χ3n) is 8.95. The minimum Gasteiger partial charge on any atom is -0.326 e. The molecule has 1 atom stereocenters. The molecule has 1 rings (SSSR count). The van der Waals surface area contributed by atoms with Crippen LogP contribution in [0, 0.1) is 5.92 Å². The number of nitrogens with one attached hydrogen (secondary N) is 1. The smallest absolute Gasteiger partial charge is 0.227 e. The molecule has 1 N–H and O–H groups in total. The maximum absolute atomic E-state index is 13.1. The van der Waals surface area contributed by atoms with Gasteiger partial charge in [0.25, 0.3) is 0 Å². The van der Waals surface area contributed by atoms with E-state index in [1.165, 1.54) is 154 Å². The van der Waals surface area contributed by atoms with Crippen molar-refractivity contribution < 1.29 is 4.79 Å². The van der Waals surface area contributed by atoms with Crippen molar-refractivity contribution in [1.29, 1.82) is 0 Å². The maximum Gasteiger partial charge on any atom is 0.227 e. The number of carbonyl (C=O) groups excluding carboxylic acids is 1. The zero-order chi connectivity index (χ0) is 31.6. The average Bonchev–Trinajstić information content (AvgIpc) is 3.04. The van der Waals surface area contributed by atoms with Crippen molar-refractivity contribution in [2.24, 2.45) is 5.92 Å². The molecule has 0 aliphatic heterocycles. The van der Waals surface area contributed by atoms with Gasteiger partial charge in [-0.05, 0) is 76.3 Å². The number of anilines is 1. The largest absolute Gasteiger partial charge is 0.326 e. The van der Waals surface area contributed by atoms with Crippen LogP contribution in [-0.2, 0) is 4.79 Å². The second kappa shape index (κ2) is 32.5. The van der Waals surface area contributed by atoms with E-state index < -0.39 is 0 Å². The van der Waals surface area contributed by atoms with E-state index >= 15 is 0 Å². The first-order valence-electron chi connectivity index (χ1n) is 19.3. The third-order valence-corrected chi connectivity index (χ3v) is 8.95. The summed E-state index contributed by atoms with van der Waals surface area (Å²) in [4.78, 5) is 17.2. The predicted molar refractivity (Wildman–Crippen MR) is 195 cm³/mol. The summed E-state index contributed by atoms with van der Waals surface area (Å²) in [5.41, 5.74) is 0.865. The molecule has 1 aromatic heterocycles. The monoisotopic (exact) mass is 609 g/mol. The summed E-state index contributed by atoms with van der Waals surface area (Å²) in [6.45, 7) is 4.56. The number of hydrogen-bond acceptors (Lipinski definition) is 2. The van der Waals surface area contributed by atoms with E-state index in [1.807, 2.05) is 12.1 Å². The Kier molecular flexibility index (Phi) is 29.6. The van der Waals surface area contributed by atoms with Crippen LogP contribution in [0.15, 0.2) is 48.8 Å². The second-order valence-electron chi connectivity index (χ2n) is 13.2. The highest BCUT2D eigenvalue weighted by Gasteiger charge is 2.18. The number of rotatable bonds is 32. The predicted octanol–water partition coefficient (Wildman–Crippen LogP) is 13.7. The molecule has 0 aromatic carbocycles. The molecule has 44 heavy (non-hydrogen) atoms. The van der Waals surface area contributed by atoms with Gasteiger partial charge in [0.1, 0.15) is 0 Å². The molecule has 3 heteroatoms. The van der Waals surface area contributed by atoms with Crippen molar-refractivity contribution in [2.45, 2.75) is 194 Å². The van der Waals surface area contributed by atoms with Crippen LogP contribution in [0.5, 0.6) is 0 Å². The fourth-order valence-electron chi connectivity index (χ4n) is 6.01. The number of allylic oxidation sites excluding steroid dienone is 4. The lowest BCUT2D eigenvalue weighted by molar-refractivity contribution is -0.120. The first-order valence-corrected chi connectivity index (χ1v) is 19.3. The van der Waals surface area contributed by atoms with Gasteiger partial charge in [-0.2, -0.15) is 0 Å². The van der Waals surface area contributed by atoms with Crippen molar-refractivity contribution in [3.05, 3.63) is 48.8 Å². The van der Waals surface area contributed by atoms with Crippen molar-refractivity contribution in [3.8, 4) is 0 Å². The molecule has 0 aliphatic rings. The number of hydrogen-bond donors (Lipinski definition) is 1. The minimum atomic E-state index is 0.122. The lowest BCUT2D eigenvalue weighted by Gasteiger charge is -2.17. The van der Waals surface area contributed by atoms with Crippen molar-refractivity contribution in [2.75, 3.05) is 5.32 Å². The van der Waals surface area contributed by atoms with E-state index in [1.54, 1.807) is 12.4 Å². The third kappa shape index (κ3) is 26.5. The zero-order valence-electron chi connectivity index (χ0n) is 29.4. The van der Waals surface area contributed by atoms with Gasteiger partial charge in [0, 0.05) is 24.0 Å². The highest BCUT2D eigenvalue weighted by Crippen LogP contribution is 2.21. The molecule has 3 nitrogen and oxygen atoms in total. The van der Waals surface area contributed by atoms with Crippen molar-refractivity contribution >= 4 is 11.6 Å². The second-order valence-corrected chi connectivity index (χ2v) is 13.2. The first-order chi connectivity index (χ1) is 21.8. The lowest BCUT2D eigenvalue weighted by atomic mass is 9.93. The van der Waals surface area contributed by atoms with E-state index in [-0.39, 0.29) is 11.8 Å². The summed E-state index contributed by atoms with van der Waals surface area (Å²) in [7, 11) is 0. The molecule has 0 aliphatic carbocycles. The van der Waals surface area contributed by atoms with Gasteiger partial charge in [-0.15, -0.1) is 0 Å². The summed E-state index contributed by atoms with van der Waals surface area (Å²) in [6, 6.07) is 3.78. The zero-order valence-corrected chi connectivity index (χ0v) is 29.4. The molecule has 1 unspecified atom stereocenters. The Hall–Kier alpha value is -1.90. The lowest BCUT2D eigenvalue weighted by Crippen LogP contribution is -2.23. The molecular formula is C41H72N2O. The molecule has 0 fully saturated rings. The van der Waals surface area contributed by atoms with Crippen LogP contribution in [0.1, 0.15) is 194 Å². The van der Waals surface area contributed by atoms with E-state index in [0.717, 1.165) is 31.4 Å². The number of unbranched alkanes of at least 4 members (excludes halogenated alkanes) is 22. The van der Waals surface area contributed by atoms with Gasteiger partial charge in [0.2, 0.25) is 5.91 Å². The Morgan fingerprint density at radius 2 is 0.886 bits per heavy atom. The van der Waals surface area contributed by atoms with Gasteiger partial charge >= 0.3 is 0 Å². The quantitative estimate of drug-likeness (QED) is 0.0653. The van der Waals surface area contributed by atoms with Crippen LogP contribution in [-0.4, -0.2) is 10.9 Å². The summed E-state index contributed by atoms with van der Waals surface area (Å²) in [6.07, 6.45) is 49.3. The van der Waals surface area contributed by atoms with Crippen molar-refractivity contribution in [3.63, 3.8) is 0 Å². The van der Waals surface area contributed by atoms with Gasteiger partial charge in [-0.25, -0.2) is 0 Å².